The van der Waals surface area contributed by atoms with Crippen LogP contribution in [0, 0.1) is 27.3 Å². The fraction of sp³-hybridized carbons (Fsp3) is 0.508. The minimum atomic E-state index is -4.70. The Balaban J connectivity index is 0.757. The second-order valence-corrected chi connectivity index (χ2v) is 27.6. The van der Waals surface area contributed by atoms with Gasteiger partial charge in [0.05, 0.1) is 51.8 Å². The number of carbonyl (C=O) groups excluding carboxylic acids is 1. The summed E-state index contributed by atoms with van der Waals surface area (Å²) in [5, 5.41) is 26.3. The topological polar surface area (TPSA) is 208 Å². The maximum absolute atomic E-state index is 15.5. The highest BCUT2D eigenvalue weighted by Gasteiger charge is 2.51. The molecule has 4 N–H and O–H groups in total. The number of nitrogens with one attached hydrogen (secondary N) is 3. The van der Waals surface area contributed by atoms with E-state index >= 15 is 4.39 Å². The maximum atomic E-state index is 15.5. The number of rotatable bonds is 16. The van der Waals surface area contributed by atoms with Crippen molar-refractivity contribution in [2.75, 3.05) is 74.7 Å². The van der Waals surface area contributed by atoms with Gasteiger partial charge in [-0.25, -0.2) is 17.5 Å². The number of aromatic nitrogens is 2. The van der Waals surface area contributed by atoms with Crippen LogP contribution in [-0.4, -0.2) is 128 Å². The van der Waals surface area contributed by atoms with Crippen LogP contribution >= 0.6 is 0 Å². The molecule has 0 bridgehead atoms. The number of hydrogen-bond acceptors (Lipinski definition) is 15. The molecule has 3 saturated carbocycles. The Kier molecular flexibility index (Phi) is 15.3. The molecule has 2 aromatic heterocycles. The van der Waals surface area contributed by atoms with Gasteiger partial charge in [0.2, 0.25) is 5.88 Å². The lowest BCUT2D eigenvalue weighted by Gasteiger charge is -2.58. The first-order chi connectivity index (χ1) is 40.9. The Morgan fingerprint density at radius 2 is 1.73 bits per heavy atom. The van der Waals surface area contributed by atoms with Crippen molar-refractivity contribution in [2.24, 2.45) is 11.3 Å². The number of halogens is 1. The van der Waals surface area contributed by atoms with Gasteiger partial charge in [0.25, 0.3) is 21.6 Å². The summed E-state index contributed by atoms with van der Waals surface area (Å²) < 4.78 is 64.6. The molecule has 1 spiro atoms. The maximum Gasteiger partial charge on any atom is 0.293 e. The zero-order valence-electron chi connectivity index (χ0n) is 49.0. The summed E-state index contributed by atoms with van der Waals surface area (Å²) in [5.74, 6) is 0.941. The molecule has 7 aliphatic rings. The molecule has 13 rings (SSSR count). The number of pyridine rings is 1. The third-order valence-electron chi connectivity index (χ3n) is 19.8. The predicted molar refractivity (Wildman–Crippen MR) is 324 cm³/mol. The van der Waals surface area contributed by atoms with Crippen molar-refractivity contribution in [3.05, 3.63) is 135 Å². The molecule has 1 amide bonds. The van der Waals surface area contributed by atoms with Crippen molar-refractivity contribution in [1.82, 2.24) is 24.5 Å². The summed E-state index contributed by atoms with van der Waals surface area (Å²) in [5.41, 5.74) is 6.53. The first-order valence-corrected chi connectivity index (χ1v) is 32.1. The number of piperidine rings is 1. The van der Waals surface area contributed by atoms with E-state index in [1.165, 1.54) is 53.4 Å². The van der Waals surface area contributed by atoms with E-state index in [1.54, 1.807) is 19.2 Å². The normalized spacial score (nSPS) is 24.6. The first kappa shape index (κ1) is 57.2. The highest BCUT2D eigenvalue weighted by molar-refractivity contribution is 7.90. The molecule has 3 atom stereocenters. The van der Waals surface area contributed by atoms with E-state index in [0.717, 1.165) is 95.3 Å². The van der Waals surface area contributed by atoms with Gasteiger partial charge in [0, 0.05) is 82.5 Å². The average molecular weight is 1180 g/mol. The Bertz CT molecular complexity index is 3620. The van der Waals surface area contributed by atoms with E-state index in [9.17, 15) is 28.4 Å². The van der Waals surface area contributed by atoms with E-state index in [0.29, 0.717) is 61.7 Å². The molecular formula is C65H78FN9O9S. The fourth-order valence-electron chi connectivity index (χ4n) is 14.8. The summed E-state index contributed by atoms with van der Waals surface area (Å²) in [6.07, 6.45) is 10.5. The molecule has 450 valence electrons. The van der Waals surface area contributed by atoms with Gasteiger partial charge in [-0.1, -0.05) is 50.2 Å². The van der Waals surface area contributed by atoms with Crippen molar-refractivity contribution in [3.8, 4) is 11.6 Å². The zero-order chi connectivity index (χ0) is 58.9. The smallest absolute Gasteiger partial charge is 0.293 e. The largest absolute Gasteiger partial charge is 0.496 e. The fourth-order valence-corrected chi connectivity index (χ4v) is 15.8. The average Bonchev–Trinajstić information content (AvgIpc) is 1.90. The van der Waals surface area contributed by atoms with Gasteiger partial charge >= 0.3 is 0 Å². The quantitative estimate of drug-likeness (QED) is 0.0525. The molecule has 3 saturated heterocycles. The lowest BCUT2D eigenvalue weighted by molar-refractivity contribution is -0.384. The number of benzene rings is 4. The standard InChI is InChI=1S/C65H78FN9O9S/c1-40(2)47-7-5-6-8-49(47)58-38-71(37-42-9-14-48(43-10-11-43)59(29-42)82-4)26-27-73(58)45-33-65(34-45)22-24-72(25-23-65)44-12-15-50(55(30-44)74-54-19-28-83-39-60(54)84-63-57(74)32-51-52(66)36-68-61(51)69-63)62(76)70-85(80,81)46-13-16-53(56(31-46)75(78)79)67-35-41-17-20-64(3,77)21-18-41/h5-9,12-16,29-32,36,40-41,43,45,54,58,60,67,77H,10-11,17-28,33-35,37-39H2,1-4H3,(H,68,69)(H,70,76)/t41?,54-,58-,60-,64?/m0/s1. The number of ether oxygens (including phenoxy) is 3. The lowest BCUT2D eigenvalue weighted by atomic mass is 9.59. The number of anilines is 4. The Morgan fingerprint density at radius 1 is 0.941 bits per heavy atom. The monoisotopic (exact) mass is 1180 g/mol. The molecule has 0 unspecified atom stereocenters. The van der Waals surface area contributed by atoms with E-state index in [4.69, 9.17) is 19.2 Å². The van der Waals surface area contributed by atoms with Crippen molar-refractivity contribution >= 4 is 55.4 Å². The number of methoxy groups -OCH3 is 1. The molecule has 4 aromatic carbocycles. The van der Waals surface area contributed by atoms with Crippen LogP contribution in [0.1, 0.15) is 142 Å². The number of carbonyl (C=O) groups is 1. The van der Waals surface area contributed by atoms with E-state index in [-0.39, 0.29) is 52.1 Å². The van der Waals surface area contributed by atoms with Crippen LogP contribution in [0.4, 0.5) is 32.8 Å². The highest BCUT2D eigenvalue weighted by atomic mass is 32.2. The summed E-state index contributed by atoms with van der Waals surface area (Å²) >= 11 is 0. The molecule has 4 aliphatic heterocycles. The third-order valence-corrected chi connectivity index (χ3v) is 21.2. The van der Waals surface area contributed by atoms with Gasteiger partial charge in [0.1, 0.15) is 34.7 Å². The van der Waals surface area contributed by atoms with Crippen molar-refractivity contribution in [1.29, 1.82) is 0 Å². The van der Waals surface area contributed by atoms with Crippen molar-refractivity contribution < 1.29 is 41.8 Å². The van der Waals surface area contributed by atoms with Crippen LogP contribution in [0.25, 0.3) is 11.0 Å². The second kappa shape index (κ2) is 22.8. The molecule has 6 aromatic rings. The summed E-state index contributed by atoms with van der Waals surface area (Å²) in [6, 6.07) is 26.8. The van der Waals surface area contributed by atoms with Crippen LogP contribution in [0.15, 0.2) is 96.0 Å². The highest BCUT2D eigenvalue weighted by Crippen LogP contribution is 2.54. The van der Waals surface area contributed by atoms with Crippen LogP contribution in [0.3, 0.4) is 0 Å². The molecule has 85 heavy (non-hydrogen) atoms. The molecule has 3 aliphatic carbocycles. The summed E-state index contributed by atoms with van der Waals surface area (Å²) in [4.78, 5) is 43.5. The number of aliphatic hydroxyl groups is 1. The van der Waals surface area contributed by atoms with E-state index in [1.807, 2.05) is 24.0 Å². The Hall–Kier alpha value is -6.84. The van der Waals surface area contributed by atoms with Gasteiger partial charge < -0.3 is 39.4 Å². The molecule has 18 nitrogen and oxygen atoms in total. The van der Waals surface area contributed by atoms with Gasteiger partial charge in [0.15, 0.2) is 0 Å². The minimum absolute atomic E-state index is 0.0227. The van der Waals surface area contributed by atoms with Gasteiger partial charge in [-0.2, -0.15) is 4.98 Å². The van der Waals surface area contributed by atoms with E-state index < -0.39 is 55.0 Å². The number of nitro benzene ring substituents is 1. The van der Waals surface area contributed by atoms with Gasteiger partial charge in [-0.3, -0.25) is 24.7 Å². The zero-order valence-corrected chi connectivity index (χ0v) is 49.8. The van der Waals surface area contributed by atoms with Crippen molar-refractivity contribution in [2.45, 2.75) is 145 Å². The van der Waals surface area contributed by atoms with Gasteiger partial charge in [-0.15, -0.1) is 0 Å². The van der Waals surface area contributed by atoms with Crippen LogP contribution in [-0.2, 0) is 21.3 Å². The van der Waals surface area contributed by atoms with Crippen LogP contribution in [0.5, 0.6) is 11.6 Å². The summed E-state index contributed by atoms with van der Waals surface area (Å²) in [7, 11) is -2.91. The Morgan fingerprint density at radius 3 is 2.48 bits per heavy atom. The van der Waals surface area contributed by atoms with Crippen LogP contribution in [0.2, 0.25) is 0 Å². The number of sulfonamides is 1. The van der Waals surface area contributed by atoms with Crippen LogP contribution < -0.4 is 29.3 Å². The first-order valence-electron chi connectivity index (χ1n) is 30.6. The van der Waals surface area contributed by atoms with E-state index in [2.05, 4.69) is 86.0 Å². The van der Waals surface area contributed by atoms with Gasteiger partial charge in [-0.05, 0) is 165 Å². The number of amides is 1. The Labute approximate surface area is 496 Å². The number of piperazine rings is 1. The molecule has 6 fully saturated rings. The molecule has 0 radical (unpaired) electrons. The molecule has 20 heteroatoms. The summed E-state index contributed by atoms with van der Waals surface area (Å²) in [6.45, 7) is 12.7. The number of H-pyrrole nitrogens is 1. The SMILES string of the molecule is COc1cc(CN2CCN(C3CC4(CCN(c5ccc(C(=O)NS(=O)(=O)c6ccc(NCC7CCC(C)(O)CC7)c([N+](=O)[O-])c6)c(N6c7cc8c(F)c[nH]c8nc7O[C@H]7COCC[C@@H]76)c5)CC4)C3)[C@H](c3ccccc3C(C)C)C2)ccc1C1CC1. The number of fused-ring (bicyclic) bond motifs is 3. The molecular weight excluding hydrogens is 1100 g/mol. The van der Waals surface area contributed by atoms with Crippen molar-refractivity contribution in [3.63, 3.8) is 0 Å². The second-order valence-electron chi connectivity index (χ2n) is 25.9. The minimum Gasteiger partial charge on any atom is -0.496 e. The lowest BCUT2D eigenvalue weighted by Crippen LogP contribution is -2.60. The number of aromatic amines is 1. The predicted octanol–water partition coefficient (Wildman–Crippen LogP) is 11.1. The number of nitro groups is 1. The third kappa shape index (κ3) is 11.4. The molecule has 6 heterocycles. The number of nitrogens with zero attached hydrogens (tertiary/aromatic N) is 6. The number of hydrogen-bond donors (Lipinski definition) is 4.